The third-order valence-corrected chi connectivity index (χ3v) is 7.64. The highest BCUT2D eigenvalue weighted by atomic mass is 32.2. The fourth-order valence-electron chi connectivity index (χ4n) is 3.85. The number of thiophene rings is 1. The summed E-state index contributed by atoms with van der Waals surface area (Å²) in [7, 11) is -1.80. The summed E-state index contributed by atoms with van der Waals surface area (Å²) in [6.07, 6.45) is 2.57. The number of ether oxygens (including phenoxy) is 1. The molecule has 0 saturated carbocycles. The Morgan fingerprint density at radius 2 is 2.00 bits per heavy atom. The van der Waals surface area contributed by atoms with E-state index in [1.54, 1.807) is 31.4 Å². The van der Waals surface area contributed by atoms with Crippen LogP contribution in [0.5, 0.6) is 5.75 Å². The molecule has 3 heterocycles. The normalized spacial score (nSPS) is 17.4. The van der Waals surface area contributed by atoms with Crippen molar-refractivity contribution < 1.29 is 17.9 Å². The number of nitrogens with zero attached hydrogens (tertiary/aromatic N) is 4. The molecule has 0 radical (unpaired) electrons. The molecule has 0 spiro atoms. The predicted molar refractivity (Wildman–Crippen MR) is 121 cm³/mol. The Bertz CT molecular complexity index is 1260. The third kappa shape index (κ3) is 4.54. The summed E-state index contributed by atoms with van der Waals surface area (Å²) < 4.78 is 33.4. The zero-order chi connectivity index (χ0) is 22.9. The average molecular weight is 477 g/mol. The number of methoxy groups -OCH3 is 1. The van der Waals surface area contributed by atoms with Crippen LogP contribution in [0.3, 0.4) is 0 Å². The first-order chi connectivity index (χ1) is 15.3. The lowest BCUT2D eigenvalue weighted by atomic mass is 9.99. The second kappa shape index (κ2) is 9.00. The Labute approximate surface area is 189 Å². The maximum Gasteiger partial charge on any atom is 0.351 e. The SMILES string of the molecule is COc1ccc(C(=O)Cn2nc(C3CCCN(S(C)(=O)=O)C3)n(-c3cccs3)c2=O)cc1. The molecule has 0 N–H and O–H groups in total. The molecule has 1 aromatic carbocycles. The maximum absolute atomic E-state index is 13.2. The van der Waals surface area contributed by atoms with Crippen LogP contribution in [0.1, 0.15) is 34.9 Å². The second-order valence-electron chi connectivity index (χ2n) is 7.70. The Hall–Kier alpha value is -2.76. The van der Waals surface area contributed by atoms with Crippen LogP contribution < -0.4 is 10.4 Å². The lowest BCUT2D eigenvalue weighted by Crippen LogP contribution is -2.39. The monoisotopic (exact) mass is 476 g/mol. The number of carbonyl (C=O) groups is 1. The van der Waals surface area contributed by atoms with Crippen molar-refractivity contribution in [2.24, 2.45) is 0 Å². The second-order valence-corrected chi connectivity index (χ2v) is 10.6. The molecule has 1 aliphatic heterocycles. The van der Waals surface area contributed by atoms with E-state index in [-0.39, 0.29) is 24.8 Å². The highest BCUT2D eigenvalue weighted by Gasteiger charge is 2.32. The zero-order valence-electron chi connectivity index (χ0n) is 17.8. The van der Waals surface area contributed by atoms with E-state index in [1.807, 2.05) is 17.5 Å². The molecule has 9 nitrogen and oxygen atoms in total. The van der Waals surface area contributed by atoms with Gasteiger partial charge in [0.25, 0.3) is 0 Å². The van der Waals surface area contributed by atoms with Gasteiger partial charge < -0.3 is 4.74 Å². The van der Waals surface area contributed by atoms with Crippen molar-refractivity contribution in [1.29, 1.82) is 0 Å². The van der Waals surface area contributed by atoms with Gasteiger partial charge in [-0.2, -0.15) is 5.10 Å². The Balaban J connectivity index is 1.69. The Morgan fingerprint density at radius 1 is 1.25 bits per heavy atom. The number of aromatic nitrogens is 3. The van der Waals surface area contributed by atoms with Crippen molar-refractivity contribution in [3.63, 3.8) is 0 Å². The number of carbonyl (C=O) groups excluding carboxylic acids is 1. The molecule has 170 valence electrons. The molecule has 1 unspecified atom stereocenters. The average Bonchev–Trinajstić information content (AvgIpc) is 3.41. The first-order valence-corrected chi connectivity index (χ1v) is 12.9. The van der Waals surface area contributed by atoms with E-state index in [1.165, 1.54) is 31.1 Å². The molecule has 11 heteroatoms. The molecular weight excluding hydrogens is 452 g/mol. The molecule has 1 atom stereocenters. The van der Waals surface area contributed by atoms with Crippen molar-refractivity contribution >= 4 is 27.1 Å². The van der Waals surface area contributed by atoms with Crippen molar-refractivity contribution in [2.45, 2.75) is 25.3 Å². The van der Waals surface area contributed by atoms with Crippen LogP contribution in [0.15, 0.2) is 46.6 Å². The lowest BCUT2D eigenvalue weighted by Gasteiger charge is -2.30. The van der Waals surface area contributed by atoms with Crippen molar-refractivity contribution in [3.8, 4) is 10.8 Å². The molecule has 0 aliphatic carbocycles. The van der Waals surface area contributed by atoms with Crippen LogP contribution >= 0.6 is 11.3 Å². The summed E-state index contributed by atoms with van der Waals surface area (Å²) in [5, 5.41) is 7.05. The molecule has 1 saturated heterocycles. The first kappa shape index (κ1) is 22.4. The van der Waals surface area contributed by atoms with Crippen molar-refractivity contribution in [1.82, 2.24) is 18.7 Å². The highest BCUT2D eigenvalue weighted by Crippen LogP contribution is 2.28. The van der Waals surface area contributed by atoms with Crippen LogP contribution in [0.4, 0.5) is 0 Å². The van der Waals surface area contributed by atoms with Crippen LogP contribution in [0, 0.1) is 0 Å². The zero-order valence-corrected chi connectivity index (χ0v) is 19.4. The van der Waals surface area contributed by atoms with Gasteiger partial charge in [0.15, 0.2) is 5.78 Å². The van der Waals surface area contributed by atoms with Gasteiger partial charge in [-0.1, -0.05) is 0 Å². The number of benzene rings is 1. The van der Waals surface area contributed by atoms with Gasteiger partial charge in [0.2, 0.25) is 10.0 Å². The summed E-state index contributed by atoms with van der Waals surface area (Å²) in [4.78, 5) is 26.0. The summed E-state index contributed by atoms with van der Waals surface area (Å²) in [6.45, 7) is 0.501. The van der Waals surface area contributed by atoms with E-state index in [9.17, 15) is 18.0 Å². The van der Waals surface area contributed by atoms with Gasteiger partial charge in [-0.3, -0.25) is 4.79 Å². The summed E-state index contributed by atoms with van der Waals surface area (Å²) in [5.74, 6) is 0.619. The largest absolute Gasteiger partial charge is 0.497 e. The first-order valence-electron chi connectivity index (χ1n) is 10.1. The third-order valence-electron chi connectivity index (χ3n) is 5.51. The highest BCUT2D eigenvalue weighted by molar-refractivity contribution is 7.88. The standard InChI is InChI=1S/C21H24N4O5S2/c1-30-17-9-7-15(8-10-17)18(26)14-24-21(27)25(19-6-4-12-31-19)20(22-24)16-5-3-11-23(13-16)32(2,28)29/h4,6-10,12,16H,3,5,11,13-14H2,1-2H3. The lowest BCUT2D eigenvalue weighted by molar-refractivity contribution is 0.0966. The summed E-state index contributed by atoms with van der Waals surface area (Å²) >= 11 is 1.39. The molecule has 3 aromatic rings. The van der Waals surface area contributed by atoms with Gasteiger partial charge >= 0.3 is 5.69 Å². The van der Waals surface area contributed by atoms with Crippen LogP contribution in [0.25, 0.3) is 5.00 Å². The fourth-order valence-corrected chi connectivity index (χ4v) is 5.50. The smallest absolute Gasteiger partial charge is 0.351 e. The molecule has 4 rings (SSSR count). The topological polar surface area (TPSA) is 104 Å². The summed E-state index contributed by atoms with van der Waals surface area (Å²) in [6, 6.07) is 10.3. The van der Waals surface area contributed by atoms with Crippen LogP contribution in [-0.2, 0) is 16.6 Å². The van der Waals surface area contributed by atoms with Crippen molar-refractivity contribution in [3.05, 3.63) is 63.7 Å². The fraction of sp³-hybridized carbons (Fsp3) is 0.381. The minimum Gasteiger partial charge on any atom is -0.497 e. The van der Waals surface area contributed by atoms with E-state index in [0.29, 0.717) is 41.5 Å². The van der Waals surface area contributed by atoms with E-state index < -0.39 is 15.7 Å². The minimum absolute atomic E-state index is 0.209. The molecule has 1 fully saturated rings. The van der Waals surface area contributed by atoms with Crippen LogP contribution in [-0.4, -0.2) is 59.3 Å². The van der Waals surface area contributed by atoms with Gasteiger partial charge in [0.1, 0.15) is 23.1 Å². The Morgan fingerprint density at radius 3 is 2.62 bits per heavy atom. The molecule has 2 aromatic heterocycles. The molecule has 32 heavy (non-hydrogen) atoms. The number of ketones is 1. The van der Waals surface area contributed by atoms with E-state index >= 15 is 0 Å². The van der Waals surface area contributed by atoms with E-state index in [2.05, 4.69) is 5.10 Å². The van der Waals surface area contributed by atoms with Crippen LogP contribution in [0.2, 0.25) is 0 Å². The minimum atomic E-state index is -3.35. The number of hydrogen-bond donors (Lipinski definition) is 0. The number of sulfonamides is 1. The van der Waals surface area contributed by atoms with Gasteiger partial charge in [0.05, 0.1) is 13.4 Å². The molecule has 0 bridgehead atoms. The number of hydrogen-bond acceptors (Lipinski definition) is 7. The quantitative estimate of drug-likeness (QED) is 0.484. The molecule has 0 amide bonds. The van der Waals surface area contributed by atoms with Crippen molar-refractivity contribution in [2.75, 3.05) is 26.5 Å². The van der Waals surface area contributed by atoms with Gasteiger partial charge in [-0.15, -0.1) is 11.3 Å². The Kier molecular flexibility index (Phi) is 6.31. The van der Waals surface area contributed by atoms with E-state index in [4.69, 9.17) is 4.74 Å². The maximum atomic E-state index is 13.2. The number of Topliss-reactive ketones (excluding diaryl/α,β-unsaturated/α-hetero) is 1. The molecule has 1 aliphatic rings. The van der Waals surface area contributed by atoms with Gasteiger partial charge in [-0.25, -0.2) is 26.8 Å². The van der Waals surface area contributed by atoms with Gasteiger partial charge in [0, 0.05) is 24.6 Å². The predicted octanol–water partition coefficient (Wildman–Crippen LogP) is 2.13. The summed E-state index contributed by atoms with van der Waals surface area (Å²) in [5.41, 5.74) is 0.0339. The van der Waals surface area contributed by atoms with Gasteiger partial charge in [-0.05, 0) is 54.6 Å². The number of rotatable bonds is 7. The van der Waals surface area contributed by atoms with E-state index in [0.717, 1.165) is 0 Å². The molecular formula is C21H24N4O5S2. The number of piperidine rings is 1.